The van der Waals surface area contributed by atoms with E-state index in [0.29, 0.717) is 0 Å². The summed E-state index contributed by atoms with van der Waals surface area (Å²) in [6.45, 7) is 1.22. The number of carbonyl (C=O) groups is 2. The zero-order valence-corrected chi connectivity index (χ0v) is 8.52. The second kappa shape index (κ2) is 9.94. The lowest BCUT2D eigenvalue weighted by Crippen LogP contribution is -2.16. The monoisotopic (exact) mass is 208 g/mol. The molecule has 0 fully saturated rings. The Bertz CT molecular complexity index is 165. The van der Waals surface area contributed by atoms with Crippen molar-refractivity contribution < 1.29 is 29.3 Å². The lowest BCUT2D eigenvalue weighted by molar-refractivity contribution is -0.149. The van der Waals surface area contributed by atoms with E-state index in [9.17, 15) is 9.59 Å². The molecule has 0 heterocycles. The number of rotatable bonds is 3. The second-order valence-electron chi connectivity index (χ2n) is 2.25. The minimum absolute atomic E-state index is 0.0938. The third-order valence-electron chi connectivity index (χ3n) is 1.09. The maximum atomic E-state index is 10.0. The average Bonchev–Trinajstić information content (AvgIpc) is 2.17. The first kappa shape index (κ1) is 15.3. The van der Waals surface area contributed by atoms with E-state index in [1.54, 1.807) is 0 Å². The summed E-state index contributed by atoms with van der Waals surface area (Å²) < 4.78 is 8.31. The topological polar surface area (TPSA) is 93.1 Å². The second-order valence-corrected chi connectivity index (χ2v) is 2.25. The van der Waals surface area contributed by atoms with Crippen LogP contribution in [0.5, 0.6) is 0 Å². The van der Waals surface area contributed by atoms with Gasteiger partial charge in [-0.3, -0.25) is 4.79 Å². The molecule has 0 radical (unpaired) electrons. The Labute approximate surface area is 82.4 Å². The first-order valence-electron chi connectivity index (χ1n) is 3.93. The number of ether oxygens (including phenoxy) is 2. The van der Waals surface area contributed by atoms with Gasteiger partial charge in [0.1, 0.15) is 6.10 Å². The van der Waals surface area contributed by atoms with Gasteiger partial charge in [-0.05, 0) is 6.92 Å². The molecule has 0 spiro atoms. The molecule has 14 heavy (non-hydrogen) atoms. The van der Waals surface area contributed by atoms with E-state index in [0.717, 1.165) is 0 Å². The van der Waals surface area contributed by atoms with E-state index >= 15 is 0 Å². The van der Waals surface area contributed by atoms with Crippen molar-refractivity contribution in [2.45, 2.75) is 19.4 Å². The summed E-state index contributed by atoms with van der Waals surface area (Å²) in [5.41, 5.74) is 0. The van der Waals surface area contributed by atoms with Crippen LogP contribution in [-0.2, 0) is 19.1 Å². The van der Waals surface area contributed by atoms with Crippen LogP contribution in [0, 0.1) is 0 Å². The van der Waals surface area contributed by atoms with E-state index in [1.807, 2.05) is 0 Å². The number of methoxy groups -OCH3 is 2. The number of aliphatic hydroxyl groups excluding tert-OH is 2. The van der Waals surface area contributed by atoms with E-state index in [-0.39, 0.29) is 19.0 Å². The summed E-state index contributed by atoms with van der Waals surface area (Å²) in [4.78, 5) is 20.1. The molecule has 1 unspecified atom stereocenters. The van der Waals surface area contributed by atoms with Crippen LogP contribution in [0.4, 0.5) is 0 Å². The van der Waals surface area contributed by atoms with Gasteiger partial charge in [0.15, 0.2) is 0 Å². The standard InChI is InChI=1S/2C4H8O3/c1-7-4(6)2-3-5;1-3(5)4(6)7-2/h5H,2-3H2,1H3;3,5H,1-2H3. The summed E-state index contributed by atoms with van der Waals surface area (Å²) >= 11 is 0. The first-order valence-corrected chi connectivity index (χ1v) is 3.93. The van der Waals surface area contributed by atoms with Gasteiger partial charge in [0.25, 0.3) is 0 Å². The molecule has 84 valence electrons. The number of esters is 2. The molecule has 6 heteroatoms. The zero-order valence-electron chi connectivity index (χ0n) is 8.52. The van der Waals surface area contributed by atoms with Crippen LogP contribution in [0.25, 0.3) is 0 Å². The fourth-order valence-corrected chi connectivity index (χ4v) is 0.364. The van der Waals surface area contributed by atoms with Gasteiger partial charge in [0.05, 0.1) is 27.2 Å². The first-order chi connectivity index (χ1) is 6.49. The highest BCUT2D eigenvalue weighted by atomic mass is 16.5. The van der Waals surface area contributed by atoms with Crippen LogP contribution in [-0.4, -0.2) is 49.1 Å². The molecule has 0 aromatic heterocycles. The van der Waals surface area contributed by atoms with Crippen LogP contribution < -0.4 is 0 Å². The van der Waals surface area contributed by atoms with Crippen molar-refractivity contribution in [1.29, 1.82) is 0 Å². The van der Waals surface area contributed by atoms with Crippen LogP contribution in [0.2, 0.25) is 0 Å². The summed E-state index contributed by atoms with van der Waals surface area (Å²) in [7, 11) is 2.52. The molecular formula is C8H16O6. The van der Waals surface area contributed by atoms with Crippen LogP contribution in [0.1, 0.15) is 13.3 Å². The fraction of sp³-hybridized carbons (Fsp3) is 0.750. The Balaban J connectivity index is 0. The Hall–Kier alpha value is -1.14. The molecule has 0 amide bonds. The Morgan fingerprint density at radius 1 is 1.29 bits per heavy atom. The van der Waals surface area contributed by atoms with Crippen LogP contribution in [0.3, 0.4) is 0 Å². The van der Waals surface area contributed by atoms with Crippen LogP contribution >= 0.6 is 0 Å². The van der Waals surface area contributed by atoms with Crippen molar-refractivity contribution in [3.63, 3.8) is 0 Å². The van der Waals surface area contributed by atoms with Crippen molar-refractivity contribution >= 4 is 11.9 Å². The highest BCUT2D eigenvalue weighted by molar-refractivity contribution is 5.73. The van der Waals surface area contributed by atoms with Gasteiger partial charge in [-0.15, -0.1) is 0 Å². The molecule has 0 aliphatic heterocycles. The SMILES string of the molecule is COC(=O)C(C)O.COC(=O)CCO. The number of aliphatic hydroxyl groups is 2. The van der Waals surface area contributed by atoms with Crippen molar-refractivity contribution in [3.05, 3.63) is 0 Å². The van der Waals surface area contributed by atoms with E-state index in [4.69, 9.17) is 10.2 Å². The van der Waals surface area contributed by atoms with Gasteiger partial charge in [-0.25, -0.2) is 4.79 Å². The van der Waals surface area contributed by atoms with E-state index in [2.05, 4.69) is 9.47 Å². The van der Waals surface area contributed by atoms with Crippen molar-refractivity contribution in [2.75, 3.05) is 20.8 Å². The zero-order chi connectivity index (χ0) is 11.6. The lowest BCUT2D eigenvalue weighted by atomic mass is 10.4. The van der Waals surface area contributed by atoms with Crippen molar-refractivity contribution in [2.24, 2.45) is 0 Å². The third-order valence-corrected chi connectivity index (χ3v) is 1.09. The van der Waals surface area contributed by atoms with Gasteiger partial charge in [0.2, 0.25) is 0 Å². The van der Waals surface area contributed by atoms with Crippen molar-refractivity contribution in [3.8, 4) is 0 Å². The minimum Gasteiger partial charge on any atom is -0.469 e. The molecule has 6 nitrogen and oxygen atoms in total. The maximum Gasteiger partial charge on any atom is 0.334 e. The predicted octanol–water partition coefficient (Wildman–Crippen LogP) is -0.918. The predicted molar refractivity (Wildman–Crippen MR) is 47.4 cm³/mol. The molecule has 0 aromatic carbocycles. The molecular weight excluding hydrogens is 192 g/mol. The maximum absolute atomic E-state index is 10.0. The Kier molecular flexibility index (Phi) is 10.9. The summed E-state index contributed by atoms with van der Waals surface area (Å²) in [5, 5.41) is 16.4. The number of hydrogen-bond donors (Lipinski definition) is 2. The summed E-state index contributed by atoms with van der Waals surface area (Å²) in [6.07, 6.45) is -0.902. The smallest absolute Gasteiger partial charge is 0.334 e. The van der Waals surface area contributed by atoms with Gasteiger partial charge < -0.3 is 19.7 Å². The summed E-state index contributed by atoms with van der Waals surface area (Å²) in [5.74, 6) is -0.970. The molecule has 0 aromatic rings. The minimum atomic E-state index is -0.995. The van der Waals surface area contributed by atoms with Gasteiger partial charge in [-0.1, -0.05) is 0 Å². The number of carbonyl (C=O) groups excluding carboxylic acids is 2. The van der Waals surface area contributed by atoms with Crippen LogP contribution in [0.15, 0.2) is 0 Å². The Morgan fingerprint density at radius 2 is 1.79 bits per heavy atom. The van der Waals surface area contributed by atoms with Gasteiger partial charge in [0, 0.05) is 0 Å². The third kappa shape index (κ3) is 10.9. The molecule has 0 rings (SSSR count). The van der Waals surface area contributed by atoms with E-state index in [1.165, 1.54) is 21.1 Å². The normalized spacial score (nSPS) is 10.6. The molecule has 0 saturated heterocycles. The molecule has 0 saturated carbocycles. The van der Waals surface area contributed by atoms with Crippen molar-refractivity contribution in [1.82, 2.24) is 0 Å². The molecule has 1 atom stereocenters. The summed E-state index contributed by atoms with van der Waals surface area (Å²) in [6, 6.07) is 0. The lowest BCUT2D eigenvalue weighted by Gasteiger charge is -1.97. The van der Waals surface area contributed by atoms with Gasteiger partial charge >= 0.3 is 11.9 Å². The molecule has 2 N–H and O–H groups in total. The largest absolute Gasteiger partial charge is 0.469 e. The van der Waals surface area contributed by atoms with Gasteiger partial charge in [-0.2, -0.15) is 0 Å². The molecule has 0 aliphatic rings. The highest BCUT2D eigenvalue weighted by Gasteiger charge is 2.05. The molecule has 0 bridgehead atoms. The molecule has 0 aliphatic carbocycles. The Morgan fingerprint density at radius 3 is 1.86 bits per heavy atom. The van der Waals surface area contributed by atoms with E-state index < -0.39 is 12.1 Å². The fourth-order valence-electron chi connectivity index (χ4n) is 0.364. The average molecular weight is 208 g/mol. The number of hydrogen-bond acceptors (Lipinski definition) is 6. The quantitative estimate of drug-likeness (QED) is 0.583. The highest BCUT2D eigenvalue weighted by Crippen LogP contribution is 1.80.